The standard InChI is InChI=1S/C16H22ClNO2S/c1-2-15(13-3-5-14(17)6-4-13)21-11-16(19)18-9-12-7-8-20-10-12/h3-6,12,15H,2,7-11H2,1H3,(H,18,19)/t12-,15+/m1/s1. The van der Waals surface area contributed by atoms with Gasteiger partial charge in [-0.1, -0.05) is 30.7 Å². The quantitative estimate of drug-likeness (QED) is 0.830. The first-order valence-corrected chi connectivity index (χ1v) is 8.83. The van der Waals surface area contributed by atoms with E-state index < -0.39 is 0 Å². The van der Waals surface area contributed by atoms with E-state index in [2.05, 4.69) is 12.2 Å². The van der Waals surface area contributed by atoms with E-state index in [1.54, 1.807) is 11.8 Å². The number of halogens is 1. The summed E-state index contributed by atoms with van der Waals surface area (Å²) in [4.78, 5) is 11.9. The molecule has 1 aromatic carbocycles. The van der Waals surface area contributed by atoms with Gasteiger partial charge in [-0.05, 0) is 30.5 Å². The van der Waals surface area contributed by atoms with Crippen molar-refractivity contribution in [2.24, 2.45) is 5.92 Å². The Morgan fingerprint density at radius 1 is 1.48 bits per heavy atom. The molecule has 2 atom stereocenters. The van der Waals surface area contributed by atoms with Gasteiger partial charge in [0.15, 0.2) is 0 Å². The van der Waals surface area contributed by atoms with Gasteiger partial charge in [0, 0.05) is 29.3 Å². The van der Waals surface area contributed by atoms with Crippen molar-refractivity contribution in [3.05, 3.63) is 34.9 Å². The number of rotatable bonds is 7. The van der Waals surface area contributed by atoms with Gasteiger partial charge >= 0.3 is 0 Å². The number of carbonyl (C=O) groups is 1. The number of carbonyl (C=O) groups excluding carboxylic acids is 1. The number of hydrogen-bond donors (Lipinski definition) is 1. The number of benzene rings is 1. The van der Waals surface area contributed by atoms with E-state index in [1.807, 2.05) is 24.3 Å². The minimum Gasteiger partial charge on any atom is -0.381 e. The first kappa shape index (κ1) is 16.7. The largest absolute Gasteiger partial charge is 0.381 e. The lowest BCUT2D eigenvalue weighted by Gasteiger charge is -2.15. The summed E-state index contributed by atoms with van der Waals surface area (Å²) in [6, 6.07) is 7.88. The van der Waals surface area contributed by atoms with E-state index in [1.165, 1.54) is 5.56 Å². The molecule has 0 aliphatic carbocycles. The SMILES string of the molecule is CC[C@H](SCC(=O)NC[C@H]1CCOC1)c1ccc(Cl)cc1. The van der Waals surface area contributed by atoms with Gasteiger partial charge in [-0.3, -0.25) is 4.79 Å². The van der Waals surface area contributed by atoms with Crippen LogP contribution in [0.1, 0.15) is 30.6 Å². The molecule has 3 nitrogen and oxygen atoms in total. The number of thioether (sulfide) groups is 1. The normalized spacial score (nSPS) is 19.4. The zero-order valence-electron chi connectivity index (χ0n) is 12.3. The van der Waals surface area contributed by atoms with Crippen LogP contribution in [0.15, 0.2) is 24.3 Å². The number of hydrogen-bond acceptors (Lipinski definition) is 3. The van der Waals surface area contributed by atoms with Crippen LogP contribution in [0.3, 0.4) is 0 Å². The molecule has 1 fully saturated rings. The Labute approximate surface area is 135 Å². The maximum atomic E-state index is 11.9. The average Bonchev–Trinajstić information content (AvgIpc) is 3.01. The van der Waals surface area contributed by atoms with Gasteiger partial charge in [0.1, 0.15) is 0 Å². The summed E-state index contributed by atoms with van der Waals surface area (Å²) in [7, 11) is 0. The summed E-state index contributed by atoms with van der Waals surface area (Å²) in [5.41, 5.74) is 1.23. The third-order valence-electron chi connectivity index (χ3n) is 3.64. The zero-order valence-corrected chi connectivity index (χ0v) is 13.9. The van der Waals surface area contributed by atoms with Gasteiger partial charge in [0.2, 0.25) is 5.91 Å². The lowest BCUT2D eigenvalue weighted by atomic mass is 10.1. The fraction of sp³-hybridized carbons (Fsp3) is 0.562. The van der Waals surface area contributed by atoms with Crippen molar-refractivity contribution in [1.29, 1.82) is 0 Å². The summed E-state index contributed by atoms with van der Waals surface area (Å²) in [5, 5.41) is 4.09. The molecule has 1 heterocycles. The lowest BCUT2D eigenvalue weighted by Crippen LogP contribution is -2.31. The van der Waals surface area contributed by atoms with Crippen LogP contribution < -0.4 is 5.32 Å². The molecule has 2 rings (SSSR count). The molecule has 1 aliphatic rings. The minimum absolute atomic E-state index is 0.110. The molecule has 5 heteroatoms. The van der Waals surface area contributed by atoms with E-state index in [-0.39, 0.29) is 5.91 Å². The molecule has 1 aromatic rings. The Kier molecular flexibility index (Phi) is 6.87. The van der Waals surface area contributed by atoms with Crippen LogP contribution in [-0.2, 0) is 9.53 Å². The van der Waals surface area contributed by atoms with Crippen molar-refractivity contribution < 1.29 is 9.53 Å². The molecule has 1 aliphatic heterocycles. The predicted molar refractivity (Wildman–Crippen MR) is 88.9 cm³/mol. The Bertz CT molecular complexity index is 446. The van der Waals surface area contributed by atoms with Crippen molar-refractivity contribution >= 4 is 29.3 Å². The van der Waals surface area contributed by atoms with E-state index in [9.17, 15) is 4.79 Å². The molecular weight excluding hydrogens is 306 g/mol. The van der Waals surface area contributed by atoms with Crippen LogP contribution >= 0.6 is 23.4 Å². The molecule has 116 valence electrons. The first-order chi connectivity index (χ1) is 10.2. The van der Waals surface area contributed by atoms with Crippen molar-refractivity contribution in [3.63, 3.8) is 0 Å². The van der Waals surface area contributed by atoms with Gasteiger partial charge in [-0.25, -0.2) is 0 Å². The lowest BCUT2D eigenvalue weighted by molar-refractivity contribution is -0.118. The minimum atomic E-state index is 0.110. The number of amides is 1. The Balaban J connectivity index is 1.74. The Morgan fingerprint density at radius 2 is 2.24 bits per heavy atom. The topological polar surface area (TPSA) is 38.3 Å². The monoisotopic (exact) mass is 327 g/mol. The third kappa shape index (κ3) is 5.53. The summed E-state index contributed by atoms with van der Waals surface area (Å²) in [6.45, 7) is 4.47. The van der Waals surface area contributed by atoms with E-state index in [0.717, 1.165) is 37.6 Å². The Hall–Kier alpha value is -0.710. The van der Waals surface area contributed by atoms with Crippen LogP contribution in [0.2, 0.25) is 5.02 Å². The highest BCUT2D eigenvalue weighted by Gasteiger charge is 2.17. The Morgan fingerprint density at radius 3 is 2.86 bits per heavy atom. The third-order valence-corrected chi connectivity index (χ3v) is 5.33. The van der Waals surface area contributed by atoms with Gasteiger partial charge in [0.25, 0.3) is 0 Å². The number of ether oxygens (including phenoxy) is 1. The zero-order chi connectivity index (χ0) is 15.1. The fourth-order valence-electron chi connectivity index (χ4n) is 2.36. The molecule has 21 heavy (non-hydrogen) atoms. The molecule has 0 radical (unpaired) electrons. The van der Waals surface area contributed by atoms with Crippen LogP contribution in [0.4, 0.5) is 0 Å². The highest BCUT2D eigenvalue weighted by Crippen LogP contribution is 2.32. The first-order valence-electron chi connectivity index (χ1n) is 7.40. The molecular formula is C16H22ClNO2S. The fourth-order valence-corrected chi connectivity index (χ4v) is 3.52. The summed E-state index contributed by atoms with van der Waals surface area (Å²) >= 11 is 7.59. The molecule has 1 N–H and O–H groups in total. The van der Waals surface area contributed by atoms with Gasteiger partial charge in [-0.15, -0.1) is 11.8 Å². The molecule has 1 saturated heterocycles. The maximum Gasteiger partial charge on any atom is 0.230 e. The molecule has 1 amide bonds. The van der Waals surface area contributed by atoms with Crippen molar-refractivity contribution in [2.75, 3.05) is 25.5 Å². The van der Waals surface area contributed by atoms with Crippen molar-refractivity contribution in [2.45, 2.75) is 25.0 Å². The summed E-state index contributed by atoms with van der Waals surface area (Å²) in [5.74, 6) is 1.09. The smallest absolute Gasteiger partial charge is 0.230 e. The van der Waals surface area contributed by atoms with Gasteiger partial charge in [0.05, 0.1) is 12.4 Å². The number of nitrogens with one attached hydrogen (secondary N) is 1. The average molecular weight is 328 g/mol. The second kappa shape index (κ2) is 8.66. The van der Waals surface area contributed by atoms with Crippen molar-refractivity contribution in [3.8, 4) is 0 Å². The predicted octanol–water partition coefficient (Wildman–Crippen LogP) is 3.68. The van der Waals surface area contributed by atoms with Gasteiger partial charge in [-0.2, -0.15) is 0 Å². The highest BCUT2D eigenvalue weighted by molar-refractivity contribution is 8.00. The van der Waals surface area contributed by atoms with Crippen LogP contribution in [-0.4, -0.2) is 31.4 Å². The second-order valence-corrected chi connectivity index (χ2v) is 6.92. The molecule has 0 bridgehead atoms. The summed E-state index contributed by atoms with van der Waals surface area (Å²) in [6.07, 6.45) is 2.05. The molecule has 0 aromatic heterocycles. The second-order valence-electron chi connectivity index (χ2n) is 5.29. The van der Waals surface area contributed by atoms with Gasteiger partial charge < -0.3 is 10.1 Å². The summed E-state index contributed by atoms with van der Waals surface area (Å²) < 4.78 is 5.31. The van der Waals surface area contributed by atoms with Crippen LogP contribution in [0, 0.1) is 5.92 Å². The molecule has 0 spiro atoms. The van der Waals surface area contributed by atoms with Crippen LogP contribution in [0.5, 0.6) is 0 Å². The molecule has 0 unspecified atom stereocenters. The maximum absolute atomic E-state index is 11.9. The van der Waals surface area contributed by atoms with Crippen molar-refractivity contribution in [1.82, 2.24) is 5.32 Å². The van der Waals surface area contributed by atoms with Crippen LogP contribution in [0.25, 0.3) is 0 Å². The molecule has 0 saturated carbocycles. The van der Waals surface area contributed by atoms with E-state index in [4.69, 9.17) is 16.3 Å². The highest BCUT2D eigenvalue weighted by atomic mass is 35.5. The van der Waals surface area contributed by atoms with E-state index >= 15 is 0 Å². The van der Waals surface area contributed by atoms with E-state index in [0.29, 0.717) is 16.9 Å².